The van der Waals surface area contributed by atoms with Crippen molar-refractivity contribution in [2.75, 3.05) is 38.5 Å². The number of nitrogens with one attached hydrogen (secondary N) is 1. The first-order valence-electron chi connectivity index (χ1n) is 18.8. The molecule has 4 aliphatic rings. The number of carbonyl (C=O) groups excluding carboxylic acids is 4. The number of rotatable bonds is 10. The molecule has 4 amide bonds. The van der Waals surface area contributed by atoms with Crippen LogP contribution in [-0.4, -0.2) is 103 Å². The van der Waals surface area contributed by atoms with Gasteiger partial charge >= 0.3 is 0 Å². The minimum absolute atomic E-state index is 0.0654. The molecule has 0 spiro atoms. The van der Waals surface area contributed by atoms with Gasteiger partial charge in [-0.2, -0.15) is 0 Å². The van der Waals surface area contributed by atoms with E-state index in [4.69, 9.17) is 16.6 Å². The molecule has 4 aliphatic heterocycles. The number of nitrogens with zero attached hydrogens (tertiary/aromatic N) is 7. The molecule has 8 rings (SSSR count). The van der Waals surface area contributed by atoms with Crippen molar-refractivity contribution in [3.63, 3.8) is 0 Å². The highest BCUT2D eigenvalue weighted by Gasteiger charge is 2.40. The molecule has 15 heteroatoms. The predicted molar refractivity (Wildman–Crippen MR) is 213 cm³/mol. The largest absolute Gasteiger partial charge is 0.340 e. The maximum Gasteiger partial charge on any atom is 0.255 e. The molecule has 55 heavy (non-hydrogen) atoms. The zero-order valence-electron chi connectivity index (χ0n) is 31.1. The van der Waals surface area contributed by atoms with Crippen LogP contribution in [0.25, 0.3) is 5.00 Å². The van der Waals surface area contributed by atoms with E-state index in [1.54, 1.807) is 28.0 Å². The van der Waals surface area contributed by atoms with Gasteiger partial charge in [0.15, 0.2) is 5.82 Å². The summed E-state index contributed by atoms with van der Waals surface area (Å²) in [4.78, 5) is 64.8. The lowest BCUT2D eigenvalue weighted by Crippen LogP contribution is -2.52. The number of piperidine rings is 1. The van der Waals surface area contributed by atoms with E-state index in [1.165, 1.54) is 4.88 Å². The summed E-state index contributed by atoms with van der Waals surface area (Å²) in [6.07, 6.45) is 2.85. The molecule has 0 saturated carbocycles. The first kappa shape index (κ1) is 37.5. The molecule has 2 saturated heterocycles. The third kappa shape index (κ3) is 7.37. The van der Waals surface area contributed by atoms with Crippen molar-refractivity contribution in [3.05, 3.63) is 91.8 Å². The van der Waals surface area contributed by atoms with E-state index < -0.39 is 18.0 Å². The molecule has 6 heterocycles. The molecule has 1 N–H and O–H groups in total. The van der Waals surface area contributed by atoms with E-state index in [-0.39, 0.29) is 30.6 Å². The minimum atomic E-state index is -0.612. The van der Waals surface area contributed by atoms with Crippen LogP contribution in [0.3, 0.4) is 0 Å². The fraction of sp³-hybridized carbons (Fsp3) is 0.425. The Morgan fingerprint density at radius 3 is 2.55 bits per heavy atom. The highest BCUT2D eigenvalue weighted by Crippen LogP contribution is 2.40. The van der Waals surface area contributed by atoms with Gasteiger partial charge in [0.25, 0.3) is 5.91 Å². The number of hydrogen-bond acceptors (Lipinski definition) is 10. The fourth-order valence-electron chi connectivity index (χ4n) is 7.96. The van der Waals surface area contributed by atoms with Crippen molar-refractivity contribution < 1.29 is 19.2 Å². The molecule has 4 aromatic rings. The molecule has 1 unspecified atom stereocenters. The zero-order valence-corrected chi connectivity index (χ0v) is 33.5. The molecule has 2 atom stereocenters. The lowest BCUT2D eigenvalue weighted by molar-refractivity contribution is -0.137. The normalized spacial score (nSPS) is 19.9. The number of imide groups is 1. The standard InChI is InChI=1S/C40H43ClN8O4S2/c1-23-24(2)55-40-35(23)36(26-9-11-27(41)12-10-26)42-30(37-45-44-25(3)49(37)40)21-34(51)47-18-16-46(17-19-47)15-4-5-20-54-32-8-6-7-28-29(32)22-48(39(28)53)31-13-14-33(50)43-38(31)52/h6-12,30-31H,4-5,13-22H2,1-3H3,(H,43,50,52)/t30-,31?/m0/s1. The molecule has 0 radical (unpaired) electrons. The lowest BCUT2D eigenvalue weighted by atomic mass is 9.99. The lowest BCUT2D eigenvalue weighted by Gasteiger charge is -2.35. The maximum absolute atomic E-state index is 13.9. The number of thioether (sulfide) groups is 1. The van der Waals surface area contributed by atoms with Gasteiger partial charge in [-0.3, -0.25) is 39.0 Å². The number of halogens is 1. The van der Waals surface area contributed by atoms with Gasteiger partial charge in [-0.25, -0.2) is 0 Å². The molecular weight excluding hydrogens is 756 g/mol. The van der Waals surface area contributed by atoms with Crippen LogP contribution in [0.5, 0.6) is 0 Å². The van der Waals surface area contributed by atoms with Crippen molar-refractivity contribution in [2.24, 2.45) is 4.99 Å². The van der Waals surface area contributed by atoms with E-state index in [0.29, 0.717) is 42.5 Å². The number of thiophene rings is 1. The fourth-order valence-corrected chi connectivity index (χ4v) is 10.4. The van der Waals surface area contributed by atoms with E-state index in [1.807, 2.05) is 54.3 Å². The Balaban J connectivity index is 0.851. The zero-order chi connectivity index (χ0) is 38.4. The van der Waals surface area contributed by atoms with E-state index in [0.717, 1.165) is 81.9 Å². The van der Waals surface area contributed by atoms with Gasteiger partial charge in [-0.05, 0) is 87.7 Å². The molecule has 2 aromatic carbocycles. The summed E-state index contributed by atoms with van der Waals surface area (Å²) in [5.41, 5.74) is 5.62. The van der Waals surface area contributed by atoms with Gasteiger partial charge in [0.2, 0.25) is 17.7 Å². The van der Waals surface area contributed by atoms with Gasteiger partial charge in [-0.1, -0.05) is 29.8 Å². The summed E-state index contributed by atoms with van der Waals surface area (Å²) in [6.45, 7) is 10.5. The number of hydrogen-bond donors (Lipinski definition) is 1. The SMILES string of the molecule is Cc1sc2c(c1C)C(c1ccc(Cl)cc1)=N[C@@H](CC(=O)N1CCN(CCCCSc3cccc4c3CN(C3CCC(=O)NC3=O)C4=O)CC1)c1nnc(C)n1-2. The second-order valence-corrected chi connectivity index (χ2v) is 17.3. The monoisotopic (exact) mass is 798 g/mol. The highest BCUT2D eigenvalue weighted by molar-refractivity contribution is 7.99. The third-order valence-electron chi connectivity index (χ3n) is 11.1. The summed E-state index contributed by atoms with van der Waals surface area (Å²) in [7, 11) is 0. The van der Waals surface area contributed by atoms with Crippen molar-refractivity contribution >= 4 is 64.0 Å². The quantitative estimate of drug-likeness (QED) is 0.123. The van der Waals surface area contributed by atoms with Crippen LogP contribution in [0.15, 0.2) is 52.4 Å². The molecule has 2 aromatic heterocycles. The predicted octanol–water partition coefficient (Wildman–Crippen LogP) is 5.67. The Kier molecular flexibility index (Phi) is 10.7. The molecule has 0 aliphatic carbocycles. The number of aliphatic imine (C=N–C) groups is 1. The molecule has 286 valence electrons. The van der Waals surface area contributed by atoms with Crippen LogP contribution in [0, 0.1) is 20.8 Å². The Labute approximate surface area is 333 Å². The smallest absolute Gasteiger partial charge is 0.255 e. The van der Waals surface area contributed by atoms with E-state index in [2.05, 4.69) is 38.8 Å². The van der Waals surface area contributed by atoms with Crippen molar-refractivity contribution in [1.82, 2.24) is 34.8 Å². The van der Waals surface area contributed by atoms with Crippen LogP contribution in [0.1, 0.15) is 87.3 Å². The summed E-state index contributed by atoms with van der Waals surface area (Å²) in [6, 6.07) is 12.4. The summed E-state index contributed by atoms with van der Waals surface area (Å²) < 4.78 is 2.08. The van der Waals surface area contributed by atoms with Crippen molar-refractivity contribution in [3.8, 4) is 5.00 Å². The Morgan fingerprint density at radius 1 is 1.00 bits per heavy atom. The number of unbranched alkanes of at least 4 members (excludes halogenated alkanes) is 1. The van der Waals surface area contributed by atoms with Crippen LogP contribution >= 0.6 is 34.7 Å². The number of piperazine rings is 1. The molecule has 12 nitrogen and oxygen atoms in total. The van der Waals surface area contributed by atoms with Gasteiger partial charge < -0.3 is 9.80 Å². The molecule has 2 fully saturated rings. The topological polar surface area (TPSA) is 133 Å². The number of carbonyl (C=O) groups is 4. The summed E-state index contributed by atoms with van der Waals surface area (Å²) >= 11 is 9.71. The summed E-state index contributed by atoms with van der Waals surface area (Å²) in [5, 5.41) is 13.1. The average Bonchev–Trinajstić information content (AvgIpc) is 3.79. The second kappa shape index (κ2) is 15.6. The van der Waals surface area contributed by atoms with Gasteiger partial charge in [0.1, 0.15) is 22.9 Å². The van der Waals surface area contributed by atoms with E-state index in [9.17, 15) is 19.2 Å². The van der Waals surface area contributed by atoms with Crippen LogP contribution < -0.4 is 5.32 Å². The van der Waals surface area contributed by atoms with Crippen molar-refractivity contribution in [1.29, 1.82) is 0 Å². The van der Waals surface area contributed by atoms with Crippen LogP contribution in [0.4, 0.5) is 0 Å². The van der Waals surface area contributed by atoms with Crippen LogP contribution in [-0.2, 0) is 20.9 Å². The Hall–Kier alpha value is -4.37. The molecular formula is C40H43ClN8O4S2. The first-order valence-corrected chi connectivity index (χ1v) is 21.0. The third-order valence-corrected chi connectivity index (χ3v) is 13.7. The number of amides is 4. The highest BCUT2D eigenvalue weighted by atomic mass is 35.5. The average molecular weight is 799 g/mol. The number of benzene rings is 2. The van der Waals surface area contributed by atoms with E-state index >= 15 is 0 Å². The van der Waals surface area contributed by atoms with Crippen molar-refractivity contribution in [2.45, 2.75) is 76.4 Å². The maximum atomic E-state index is 13.9. The van der Waals surface area contributed by atoms with Gasteiger partial charge in [-0.15, -0.1) is 33.3 Å². The number of aryl methyl sites for hydroxylation is 2. The van der Waals surface area contributed by atoms with Gasteiger partial charge in [0, 0.05) is 70.6 Å². The first-order chi connectivity index (χ1) is 26.6. The number of fused-ring (bicyclic) bond motifs is 4. The number of aromatic nitrogens is 3. The van der Waals surface area contributed by atoms with Crippen LogP contribution in [0.2, 0.25) is 5.02 Å². The summed E-state index contributed by atoms with van der Waals surface area (Å²) in [5.74, 6) is 1.62. The molecule has 0 bridgehead atoms. The van der Waals surface area contributed by atoms with Gasteiger partial charge in [0.05, 0.1) is 12.1 Å². The Morgan fingerprint density at radius 2 is 1.78 bits per heavy atom. The Bertz CT molecular complexity index is 2210. The second-order valence-electron chi connectivity index (χ2n) is 14.6. The minimum Gasteiger partial charge on any atom is -0.340 e.